The molecule has 12 heavy (non-hydrogen) atoms. The number of allylic oxidation sites excluding steroid dienone is 2. The van der Waals surface area contributed by atoms with Gasteiger partial charge in [-0.2, -0.15) is 0 Å². The van der Waals surface area contributed by atoms with Crippen molar-refractivity contribution in [3.05, 3.63) is 11.6 Å². The summed E-state index contributed by atoms with van der Waals surface area (Å²) in [4.78, 5) is 10.2. The van der Waals surface area contributed by atoms with Crippen LogP contribution in [0.2, 0.25) is 0 Å². The van der Waals surface area contributed by atoms with E-state index in [2.05, 4.69) is 6.08 Å². The van der Waals surface area contributed by atoms with Crippen molar-refractivity contribution in [3.8, 4) is 0 Å². The molecule has 0 saturated carbocycles. The Kier molecular flexibility index (Phi) is 5.43. The van der Waals surface area contributed by atoms with Crippen LogP contribution < -0.4 is 5.11 Å². The summed E-state index contributed by atoms with van der Waals surface area (Å²) in [5.74, 6) is -0.717. The number of rotatable bonds is 5. The summed E-state index contributed by atoms with van der Waals surface area (Å²) in [7, 11) is 0. The van der Waals surface area contributed by atoms with Gasteiger partial charge in [0.15, 0.2) is 0 Å². The molecule has 1 atom stereocenters. The zero-order chi connectivity index (χ0) is 9.56. The van der Waals surface area contributed by atoms with Crippen molar-refractivity contribution < 1.29 is 9.90 Å². The monoisotopic (exact) mass is 169 g/mol. The lowest BCUT2D eigenvalue weighted by Gasteiger charge is -2.09. The summed E-state index contributed by atoms with van der Waals surface area (Å²) < 4.78 is 0. The Labute approximate surface area is 74.3 Å². The largest absolute Gasteiger partial charge is 0.550 e. The van der Waals surface area contributed by atoms with Crippen molar-refractivity contribution in [2.75, 3.05) is 0 Å². The molecular weight excluding hydrogens is 152 g/mol. The maximum Gasteiger partial charge on any atom is 0.0416 e. The standard InChI is InChI=1S/C10H18O2/c1-8(2)5-4-6-9(3)7-10(11)12/h5,9H,4,6-7H2,1-3H3,(H,11,12)/p-1. The van der Waals surface area contributed by atoms with Crippen LogP contribution in [0, 0.1) is 5.92 Å². The van der Waals surface area contributed by atoms with E-state index >= 15 is 0 Å². The number of hydrogen-bond donors (Lipinski definition) is 0. The van der Waals surface area contributed by atoms with Crippen LogP contribution in [0.5, 0.6) is 0 Å². The lowest BCUT2D eigenvalue weighted by atomic mass is 10.0. The van der Waals surface area contributed by atoms with E-state index in [-0.39, 0.29) is 12.3 Å². The maximum atomic E-state index is 10.2. The summed E-state index contributed by atoms with van der Waals surface area (Å²) in [6, 6.07) is 0. The molecule has 0 radical (unpaired) electrons. The van der Waals surface area contributed by atoms with Gasteiger partial charge >= 0.3 is 0 Å². The van der Waals surface area contributed by atoms with E-state index in [9.17, 15) is 9.90 Å². The molecule has 0 heterocycles. The van der Waals surface area contributed by atoms with Crippen LogP contribution in [0.4, 0.5) is 0 Å². The first-order chi connectivity index (χ1) is 5.52. The van der Waals surface area contributed by atoms with E-state index in [0.29, 0.717) is 0 Å². The molecule has 0 saturated heterocycles. The number of carboxylic acids is 1. The summed E-state index contributed by atoms with van der Waals surface area (Å²) >= 11 is 0. The van der Waals surface area contributed by atoms with Gasteiger partial charge in [0, 0.05) is 5.97 Å². The molecule has 2 nitrogen and oxygen atoms in total. The van der Waals surface area contributed by atoms with Gasteiger partial charge in [-0.25, -0.2) is 0 Å². The van der Waals surface area contributed by atoms with Crippen LogP contribution >= 0.6 is 0 Å². The van der Waals surface area contributed by atoms with Gasteiger partial charge in [-0.05, 0) is 39.0 Å². The fraction of sp³-hybridized carbons (Fsp3) is 0.700. The Morgan fingerprint density at radius 1 is 1.50 bits per heavy atom. The fourth-order valence-electron chi connectivity index (χ4n) is 1.04. The van der Waals surface area contributed by atoms with E-state index in [1.807, 2.05) is 20.8 Å². The third-order valence-corrected chi connectivity index (χ3v) is 1.73. The molecule has 0 amide bonds. The Balaban J connectivity index is 3.50. The highest BCUT2D eigenvalue weighted by Crippen LogP contribution is 2.10. The topological polar surface area (TPSA) is 40.1 Å². The highest BCUT2D eigenvalue weighted by molar-refractivity contribution is 5.64. The van der Waals surface area contributed by atoms with Crippen molar-refractivity contribution in [1.82, 2.24) is 0 Å². The average molecular weight is 169 g/mol. The molecule has 0 aliphatic rings. The number of carboxylic acid groups (broad SMARTS) is 1. The first kappa shape index (κ1) is 11.2. The first-order valence-corrected chi connectivity index (χ1v) is 4.35. The smallest absolute Gasteiger partial charge is 0.0416 e. The Hall–Kier alpha value is -0.790. The minimum atomic E-state index is -0.945. The normalized spacial score (nSPS) is 12.2. The van der Waals surface area contributed by atoms with Gasteiger partial charge in [0.2, 0.25) is 0 Å². The molecule has 0 aliphatic carbocycles. The van der Waals surface area contributed by atoms with Crippen LogP contribution in [-0.2, 0) is 4.79 Å². The van der Waals surface area contributed by atoms with Gasteiger partial charge < -0.3 is 9.90 Å². The van der Waals surface area contributed by atoms with Crippen LogP contribution in [0.1, 0.15) is 40.0 Å². The second-order valence-electron chi connectivity index (χ2n) is 3.54. The number of carbonyl (C=O) groups excluding carboxylic acids is 1. The Morgan fingerprint density at radius 2 is 2.08 bits per heavy atom. The molecule has 2 heteroatoms. The quantitative estimate of drug-likeness (QED) is 0.585. The third kappa shape index (κ3) is 7.32. The number of hydrogen-bond acceptors (Lipinski definition) is 2. The second-order valence-corrected chi connectivity index (χ2v) is 3.54. The molecule has 70 valence electrons. The molecule has 0 rings (SSSR count). The molecule has 0 bridgehead atoms. The number of aliphatic carboxylic acids is 1. The highest BCUT2D eigenvalue weighted by atomic mass is 16.4. The molecule has 1 unspecified atom stereocenters. The van der Waals surface area contributed by atoms with Crippen LogP contribution in [0.15, 0.2) is 11.6 Å². The lowest BCUT2D eigenvalue weighted by molar-refractivity contribution is -0.306. The minimum absolute atomic E-state index is 0.177. The zero-order valence-corrected chi connectivity index (χ0v) is 8.09. The van der Waals surface area contributed by atoms with Crippen molar-refractivity contribution >= 4 is 5.97 Å². The van der Waals surface area contributed by atoms with Gasteiger partial charge in [-0.1, -0.05) is 18.6 Å². The van der Waals surface area contributed by atoms with Gasteiger partial charge in [-0.15, -0.1) is 0 Å². The molecule has 0 fully saturated rings. The summed E-state index contributed by atoms with van der Waals surface area (Å²) in [5.41, 5.74) is 1.29. The van der Waals surface area contributed by atoms with E-state index < -0.39 is 5.97 Å². The maximum absolute atomic E-state index is 10.2. The molecule has 0 aromatic rings. The molecule has 0 aliphatic heterocycles. The average Bonchev–Trinajstić information content (AvgIpc) is 1.84. The third-order valence-electron chi connectivity index (χ3n) is 1.73. The second kappa shape index (κ2) is 5.81. The van der Waals surface area contributed by atoms with Crippen LogP contribution in [0.25, 0.3) is 0 Å². The van der Waals surface area contributed by atoms with Crippen molar-refractivity contribution in [1.29, 1.82) is 0 Å². The van der Waals surface area contributed by atoms with E-state index in [1.165, 1.54) is 5.57 Å². The van der Waals surface area contributed by atoms with Gasteiger partial charge in [-0.3, -0.25) is 0 Å². The van der Waals surface area contributed by atoms with E-state index in [4.69, 9.17) is 0 Å². The van der Waals surface area contributed by atoms with E-state index in [0.717, 1.165) is 12.8 Å². The summed E-state index contributed by atoms with van der Waals surface area (Å²) in [6.45, 7) is 6.03. The van der Waals surface area contributed by atoms with Crippen LogP contribution in [-0.4, -0.2) is 5.97 Å². The fourth-order valence-corrected chi connectivity index (χ4v) is 1.04. The number of carbonyl (C=O) groups is 1. The van der Waals surface area contributed by atoms with Crippen molar-refractivity contribution in [3.63, 3.8) is 0 Å². The summed E-state index contributed by atoms with van der Waals surface area (Å²) in [6.07, 6.45) is 4.21. The van der Waals surface area contributed by atoms with E-state index in [1.54, 1.807) is 0 Å². The molecule has 0 aromatic heterocycles. The Morgan fingerprint density at radius 3 is 2.50 bits per heavy atom. The molecule has 0 spiro atoms. The minimum Gasteiger partial charge on any atom is -0.550 e. The molecular formula is C10H17O2-. The Bertz CT molecular complexity index is 167. The van der Waals surface area contributed by atoms with Crippen molar-refractivity contribution in [2.24, 2.45) is 5.92 Å². The van der Waals surface area contributed by atoms with Crippen LogP contribution in [0.3, 0.4) is 0 Å². The van der Waals surface area contributed by atoms with Crippen molar-refractivity contribution in [2.45, 2.75) is 40.0 Å². The highest BCUT2D eigenvalue weighted by Gasteiger charge is 2.00. The first-order valence-electron chi connectivity index (χ1n) is 4.35. The predicted octanol–water partition coefficient (Wildman–Crippen LogP) is 1.51. The molecule has 0 N–H and O–H groups in total. The van der Waals surface area contributed by atoms with Gasteiger partial charge in [0.25, 0.3) is 0 Å². The molecule has 0 aromatic carbocycles. The van der Waals surface area contributed by atoms with Gasteiger partial charge in [0.1, 0.15) is 0 Å². The zero-order valence-electron chi connectivity index (χ0n) is 8.09. The SMILES string of the molecule is CC(C)=CCCC(C)CC(=O)[O-]. The van der Waals surface area contributed by atoms with Gasteiger partial charge in [0.05, 0.1) is 0 Å². The summed E-state index contributed by atoms with van der Waals surface area (Å²) in [5, 5.41) is 10.2. The lowest BCUT2D eigenvalue weighted by Crippen LogP contribution is -2.24. The predicted molar refractivity (Wildman–Crippen MR) is 47.5 cm³/mol.